The first kappa shape index (κ1) is 17.6. The molecule has 0 spiro atoms. The second-order valence-corrected chi connectivity index (χ2v) is 6.87. The number of nitrogens with zero attached hydrogens (tertiary/aromatic N) is 1. The predicted octanol–water partition coefficient (Wildman–Crippen LogP) is 3.50. The van der Waals surface area contributed by atoms with Crippen molar-refractivity contribution in [2.24, 2.45) is 0 Å². The minimum atomic E-state index is -0.408. The number of aryl methyl sites for hydroxylation is 2. The third-order valence-corrected chi connectivity index (χ3v) is 5.08. The van der Waals surface area contributed by atoms with Gasteiger partial charge in [0.05, 0.1) is 5.88 Å². The van der Waals surface area contributed by atoms with Crippen LogP contribution in [-0.2, 0) is 9.59 Å². The molecular weight excluding hydrogens is 308 g/mol. The number of rotatable bonds is 4. The van der Waals surface area contributed by atoms with Crippen molar-refractivity contribution in [2.45, 2.75) is 40.2 Å². The third kappa shape index (κ3) is 4.16. The highest BCUT2D eigenvalue weighted by Gasteiger charge is 2.35. The van der Waals surface area contributed by atoms with Crippen molar-refractivity contribution in [3.8, 4) is 0 Å². The minimum Gasteiger partial charge on any atom is -0.324 e. The summed E-state index contributed by atoms with van der Waals surface area (Å²) in [5.74, 6) is 1.05. The fourth-order valence-corrected chi connectivity index (χ4v) is 3.68. The SMILES string of the molecule is CC/C=C(/C)C(=O)N1CSCC1C(=O)Nc1ccc(C)c(C)c1. The van der Waals surface area contributed by atoms with E-state index >= 15 is 0 Å². The largest absolute Gasteiger partial charge is 0.324 e. The molecule has 2 rings (SSSR count). The van der Waals surface area contributed by atoms with Crippen molar-refractivity contribution >= 4 is 29.3 Å². The average molecular weight is 332 g/mol. The summed E-state index contributed by atoms with van der Waals surface area (Å²) < 4.78 is 0. The lowest BCUT2D eigenvalue weighted by atomic mass is 10.1. The molecule has 0 saturated carbocycles. The van der Waals surface area contributed by atoms with E-state index in [2.05, 4.69) is 5.32 Å². The van der Waals surface area contributed by atoms with E-state index in [0.717, 1.165) is 17.7 Å². The van der Waals surface area contributed by atoms with E-state index in [0.29, 0.717) is 17.2 Å². The van der Waals surface area contributed by atoms with Crippen LogP contribution in [0.2, 0.25) is 0 Å². The molecule has 4 nitrogen and oxygen atoms in total. The van der Waals surface area contributed by atoms with Crippen molar-refractivity contribution < 1.29 is 9.59 Å². The number of hydrogen-bond acceptors (Lipinski definition) is 3. The zero-order valence-electron chi connectivity index (χ0n) is 14.2. The first-order chi connectivity index (χ1) is 10.9. The Morgan fingerprint density at radius 3 is 2.74 bits per heavy atom. The Bertz CT molecular complexity index is 640. The maximum Gasteiger partial charge on any atom is 0.250 e. The molecule has 124 valence electrons. The molecule has 1 N–H and O–H groups in total. The summed E-state index contributed by atoms with van der Waals surface area (Å²) in [7, 11) is 0. The molecule has 1 fully saturated rings. The summed E-state index contributed by atoms with van der Waals surface area (Å²) in [6, 6.07) is 5.44. The van der Waals surface area contributed by atoms with Crippen LogP contribution in [-0.4, -0.2) is 34.4 Å². The number of allylic oxidation sites excluding steroid dienone is 1. The molecule has 1 heterocycles. The third-order valence-electron chi connectivity index (χ3n) is 4.07. The molecule has 1 saturated heterocycles. The topological polar surface area (TPSA) is 49.4 Å². The Labute approximate surface area is 142 Å². The van der Waals surface area contributed by atoms with Crippen molar-refractivity contribution in [2.75, 3.05) is 16.9 Å². The fraction of sp³-hybridized carbons (Fsp3) is 0.444. The number of nitrogens with one attached hydrogen (secondary N) is 1. The zero-order valence-corrected chi connectivity index (χ0v) is 15.0. The normalized spacial score (nSPS) is 18.2. The molecule has 5 heteroatoms. The highest BCUT2D eigenvalue weighted by Crippen LogP contribution is 2.24. The Morgan fingerprint density at radius 2 is 2.09 bits per heavy atom. The molecule has 0 aliphatic carbocycles. The summed E-state index contributed by atoms with van der Waals surface area (Å²) in [4.78, 5) is 26.7. The summed E-state index contributed by atoms with van der Waals surface area (Å²) in [5, 5.41) is 2.94. The van der Waals surface area contributed by atoms with Gasteiger partial charge in [0, 0.05) is 17.0 Å². The van der Waals surface area contributed by atoms with E-state index in [9.17, 15) is 9.59 Å². The molecule has 0 bridgehead atoms. The predicted molar refractivity (Wildman–Crippen MR) is 96.6 cm³/mol. The van der Waals surface area contributed by atoms with E-state index in [1.54, 1.807) is 16.7 Å². The Hall–Kier alpha value is -1.75. The minimum absolute atomic E-state index is 0.0444. The van der Waals surface area contributed by atoms with Crippen molar-refractivity contribution in [3.05, 3.63) is 41.0 Å². The standard InChI is InChI=1S/C18H24N2O2S/c1-5-6-13(3)18(22)20-11-23-10-16(20)17(21)19-15-8-7-12(2)14(4)9-15/h6-9,16H,5,10-11H2,1-4H3,(H,19,21)/b13-6-. The molecule has 1 unspecified atom stereocenters. The van der Waals surface area contributed by atoms with Gasteiger partial charge in [0.15, 0.2) is 0 Å². The highest BCUT2D eigenvalue weighted by molar-refractivity contribution is 7.99. The molecule has 1 aliphatic rings. The van der Waals surface area contributed by atoms with E-state index in [1.165, 1.54) is 5.56 Å². The summed E-state index contributed by atoms with van der Waals surface area (Å²) >= 11 is 1.62. The lowest BCUT2D eigenvalue weighted by Gasteiger charge is -2.23. The molecule has 23 heavy (non-hydrogen) atoms. The van der Waals surface area contributed by atoms with Gasteiger partial charge < -0.3 is 10.2 Å². The number of hydrogen-bond donors (Lipinski definition) is 1. The lowest BCUT2D eigenvalue weighted by molar-refractivity contribution is -0.133. The van der Waals surface area contributed by atoms with E-state index < -0.39 is 6.04 Å². The second kappa shape index (κ2) is 7.68. The zero-order chi connectivity index (χ0) is 17.0. The summed E-state index contributed by atoms with van der Waals surface area (Å²) in [6.45, 7) is 7.87. The van der Waals surface area contributed by atoms with Crippen LogP contribution in [0.1, 0.15) is 31.4 Å². The maximum absolute atomic E-state index is 12.6. The molecule has 1 aliphatic heterocycles. The number of anilines is 1. The molecule has 0 aromatic heterocycles. The summed E-state index contributed by atoms with van der Waals surface area (Å²) in [6.07, 6.45) is 2.72. The number of benzene rings is 1. The van der Waals surface area contributed by atoms with E-state index in [4.69, 9.17) is 0 Å². The summed E-state index contributed by atoms with van der Waals surface area (Å²) in [5.41, 5.74) is 3.82. The number of carbonyl (C=O) groups is 2. The van der Waals surface area contributed by atoms with Crippen LogP contribution in [0.15, 0.2) is 29.8 Å². The van der Waals surface area contributed by atoms with Crippen LogP contribution in [0.25, 0.3) is 0 Å². The van der Waals surface area contributed by atoms with Crippen molar-refractivity contribution in [1.29, 1.82) is 0 Å². The van der Waals surface area contributed by atoms with E-state index in [1.807, 2.05) is 52.0 Å². The van der Waals surface area contributed by atoms with Gasteiger partial charge in [-0.2, -0.15) is 0 Å². The average Bonchev–Trinajstić information content (AvgIpc) is 3.00. The first-order valence-corrected chi connectivity index (χ1v) is 9.03. The van der Waals surface area contributed by atoms with Crippen molar-refractivity contribution in [3.63, 3.8) is 0 Å². The van der Waals surface area contributed by atoms with Gasteiger partial charge in [-0.05, 0) is 50.5 Å². The molecule has 0 radical (unpaired) electrons. The highest BCUT2D eigenvalue weighted by atomic mass is 32.2. The lowest BCUT2D eigenvalue weighted by Crippen LogP contribution is -2.44. The molecule has 1 aromatic carbocycles. The van der Waals surface area contributed by atoms with Crippen LogP contribution >= 0.6 is 11.8 Å². The Kier molecular flexibility index (Phi) is 5.88. The monoisotopic (exact) mass is 332 g/mol. The molecule has 1 atom stereocenters. The number of thioether (sulfide) groups is 1. The van der Waals surface area contributed by atoms with Gasteiger partial charge in [0.25, 0.3) is 5.91 Å². The Balaban J connectivity index is 2.10. The smallest absolute Gasteiger partial charge is 0.250 e. The van der Waals surface area contributed by atoms with Gasteiger partial charge in [-0.3, -0.25) is 9.59 Å². The second-order valence-electron chi connectivity index (χ2n) is 5.87. The van der Waals surface area contributed by atoms with Crippen LogP contribution < -0.4 is 5.32 Å². The van der Waals surface area contributed by atoms with Crippen LogP contribution in [0.3, 0.4) is 0 Å². The van der Waals surface area contributed by atoms with Gasteiger partial charge in [0.2, 0.25) is 5.91 Å². The van der Waals surface area contributed by atoms with Gasteiger partial charge >= 0.3 is 0 Å². The van der Waals surface area contributed by atoms with Gasteiger partial charge in [-0.15, -0.1) is 11.8 Å². The van der Waals surface area contributed by atoms with Crippen LogP contribution in [0.5, 0.6) is 0 Å². The number of carbonyl (C=O) groups excluding carboxylic acids is 2. The van der Waals surface area contributed by atoms with Crippen LogP contribution in [0.4, 0.5) is 5.69 Å². The van der Waals surface area contributed by atoms with Gasteiger partial charge in [0.1, 0.15) is 6.04 Å². The number of amides is 2. The molecular formula is C18H24N2O2S. The first-order valence-electron chi connectivity index (χ1n) is 7.87. The van der Waals surface area contributed by atoms with Crippen molar-refractivity contribution in [1.82, 2.24) is 4.90 Å². The fourth-order valence-electron chi connectivity index (χ4n) is 2.52. The van der Waals surface area contributed by atoms with Crippen LogP contribution in [0, 0.1) is 13.8 Å². The Morgan fingerprint density at radius 1 is 1.35 bits per heavy atom. The maximum atomic E-state index is 12.6. The van der Waals surface area contributed by atoms with Gasteiger partial charge in [-0.25, -0.2) is 0 Å². The molecule has 2 amide bonds. The molecule has 1 aromatic rings. The quantitative estimate of drug-likeness (QED) is 0.859. The van der Waals surface area contributed by atoms with E-state index in [-0.39, 0.29) is 11.8 Å². The van der Waals surface area contributed by atoms with Gasteiger partial charge in [-0.1, -0.05) is 19.1 Å².